The third-order valence-electron chi connectivity index (χ3n) is 3.71. The summed E-state index contributed by atoms with van der Waals surface area (Å²) in [6.07, 6.45) is 7.12. The van der Waals surface area contributed by atoms with E-state index in [2.05, 4.69) is 28.8 Å². The fraction of sp³-hybridized carbons (Fsp3) is 0.500. The van der Waals surface area contributed by atoms with E-state index in [-0.39, 0.29) is 12.3 Å². The van der Waals surface area contributed by atoms with Crippen molar-refractivity contribution < 1.29 is 19.0 Å². The molecule has 0 saturated heterocycles. The van der Waals surface area contributed by atoms with Gasteiger partial charge in [-0.2, -0.15) is 0 Å². The molecule has 2 aromatic rings. The lowest BCUT2D eigenvalue weighted by Gasteiger charge is -2.13. The van der Waals surface area contributed by atoms with Crippen molar-refractivity contribution in [2.24, 2.45) is 0 Å². The highest BCUT2D eigenvalue weighted by Gasteiger charge is 2.14. The van der Waals surface area contributed by atoms with Crippen LogP contribution in [0.3, 0.4) is 0 Å². The molecular formula is C20H27N3O4. The standard InChI is InChI=1S/C20H27N3O4/c1-4-7-11-26-17-13-16(22-14-18(17)27-12-8-5-2)19-21-10-9-15(23-19)20(24)25-6-3/h9-10,13-14H,4-8,11-12H2,1-3H3. The van der Waals surface area contributed by atoms with Crippen molar-refractivity contribution in [3.8, 4) is 23.0 Å². The number of pyridine rings is 1. The molecule has 0 aliphatic carbocycles. The third kappa shape index (κ3) is 6.20. The minimum absolute atomic E-state index is 0.195. The van der Waals surface area contributed by atoms with Crippen LogP contribution in [0.15, 0.2) is 24.5 Å². The Kier molecular flexibility index (Phi) is 8.48. The molecule has 0 saturated carbocycles. The maximum Gasteiger partial charge on any atom is 0.357 e. The topological polar surface area (TPSA) is 83.4 Å². The summed E-state index contributed by atoms with van der Waals surface area (Å²) in [5.74, 6) is 1.06. The zero-order valence-electron chi connectivity index (χ0n) is 16.2. The maximum absolute atomic E-state index is 11.9. The first-order valence-corrected chi connectivity index (χ1v) is 9.45. The minimum Gasteiger partial charge on any atom is -0.490 e. The van der Waals surface area contributed by atoms with Gasteiger partial charge in [0.15, 0.2) is 23.0 Å². The van der Waals surface area contributed by atoms with Gasteiger partial charge in [-0.25, -0.2) is 19.7 Å². The number of esters is 1. The van der Waals surface area contributed by atoms with Crippen LogP contribution < -0.4 is 9.47 Å². The molecular weight excluding hydrogens is 346 g/mol. The minimum atomic E-state index is -0.486. The van der Waals surface area contributed by atoms with Gasteiger partial charge in [-0.3, -0.25) is 0 Å². The highest BCUT2D eigenvalue weighted by Crippen LogP contribution is 2.30. The lowest BCUT2D eigenvalue weighted by atomic mass is 10.3. The molecule has 146 valence electrons. The van der Waals surface area contributed by atoms with Crippen LogP contribution in [0.25, 0.3) is 11.5 Å². The van der Waals surface area contributed by atoms with Crippen molar-refractivity contribution in [3.63, 3.8) is 0 Å². The molecule has 0 N–H and O–H groups in total. The SMILES string of the molecule is CCCCOc1cnc(-c2nccc(C(=O)OCC)n2)cc1OCCCC. The van der Waals surface area contributed by atoms with E-state index in [4.69, 9.17) is 14.2 Å². The Labute approximate surface area is 160 Å². The number of carbonyl (C=O) groups is 1. The number of carbonyl (C=O) groups excluding carboxylic acids is 1. The summed E-state index contributed by atoms with van der Waals surface area (Å²) in [7, 11) is 0. The number of rotatable bonds is 11. The number of ether oxygens (including phenoxy) is 3. The van der Waals surface area contributed by atoms with Gasteiger partial charge in [-0.1, -0.05) is 26.7 Å². The third-order valence-corrected chi connectivity index (χ3v) is 3.71. The van der Waals surface area contributed by atoms with E-state index in [1.165, 1.54) is 12.3 Å². The van der Waals surface area contributed by atoms with E-state index in [1.807, 2.05) is 0 Å². The predicted molar refractivity (Wildman–Crippen MR) is 102 cm³/mol. The molecule has 7 heteroatoms. The second-order valence-corrected chi connectivity index (χ2v) is 5.91. The van der Waals surface area contributed by atoms with E-state index in [9.17, 15) is 4.79 Å². The second kappa shape index (κ2) is 11.1. The van der Waals surface area contributed by atoms with Crippen molar-refractivity contribution in [1.82, 2.24) is 15.0 Å². The fourth-order valence-corrected chi connectivity index (χ4v) is 2.22. The van der Waals surface area contributed by atoms with Gasteiger partial charge in [0, 0.05) is 12.3 Å². The highest BCUT2D eigenvalue weighted by atomic mass is 16.5. The zero-order chi connectivity index (χ0) is 19.5. The summed E-state index contributed by atoms with van der Waals surface area (Å²) in [6, 6.07) is 3.27. The van der Waals surface area contributed by atoms with Crippen LogP contribution in [0, 0.1) is 0 Å². The molecule has 27 heavy (non-hydrogen) atoms. The predicted octanol–water partition coefficient (Wildman–Crippen LogP) is 4.07. The number of aromatic nitrogens is 3. The summed E-state index contributed by atoms with van der Waals surface area (Å²) in [4.78, 5) is 24.8. The van der Waals surface area contributed by atoms with Gasteiger partial charge in [0.2, 0.25) is 0 Å². The van der Waals surface area contributed by atoms with Crippen molar-refractivity contribution in [3.05, 3.63) is 30.2 Å². The van der Waals surface area contributed by atoms with E-state index < -0.39 is 5.97 Å². The maximum atomic E-state index is 11.9. The second-order valence-electron chi connectivity index (χ2n) is 5.91. The molecule has 0 fully saturated rings. The first-order chi connectivity index (χ1) is 13.2. The molecule has 0 amide bonds. The molecule has 0 aromatic carbocycles. The van der Waals surface area contributed by atoms with E-state index in [0.29, 0.717) is 36.2 Å². The Bertz CT molecular complexity index is 737. The average Bonchev–Trinajstić information content (AvgIpc) is 2.69. The Morgan fingerprint density at radius 2 is 1.70 bits per heavy atom. The summed E-state index contributed by atoms with van der Waals surface area (Å²) in [6.45, 7) is 7.45. The quantitative estimate of drug-likeness (QED) is 0.433. The summed E-state index contributed by atoms with van der Waals surface area (Å²) < 4.78 is 16.7. The molecule has 0 aliphatic rings. The molecule has 2 rings (SSSR count). The lowest BCUT2D eigenvalue weighted by molar-refractivity contribution is 0.0519. The van der Waals surface area contributed by atoms with Crippen LogP contribution in [-0.4, -0.2) is 40.7 Å². The van der Waals surface area contributed by atoms with Crippen molar-refractivity contribution in [2.75, 3.05) is 19.8 Å². The molecule has 7 nitrogen and oxygen atoms in total. The van der Waals surface area contributed by atoms with E-state index in [1.54, 1.807) is 19.2 Å². The van der Waals surface area contributed by atoms with Crippen molar-refractivity contribution in [2.45, 2.75) is 46.5 Å². The summed E-state index contributed by atoms with van der Waals surface area (Å²) >= 11 is 0. The molecule has 2 heterocycles. The van der Waals surface area contributed by atoms with Crippen molar-refractivity contribution in [1.29, 1.82) is 0 Å². The molecule has 0 aliphatic heterocycles. The van der Waals surface area contributed by atoms with Gasteiger partial charge < -0.3 is 14.2 Å². The number of unbranched alkanes of at least 4 members (excludes halogenated alkanes) is 2. The van der Waals surface area contributed by atoms with Gasteiger partial charge >= 0.3 is 5.97 Å². The van der Waals surface area contributed by atoms with Crippen LogP contribution in [0.5, 0.6) is 11.5 Å². The Morgan fingerprint density at radius 1 is 1.00 bits per heavy atom. The summed E-state index contributed by atoms with van der Waals surface area (Å²) in [5, 5.41) is 0. The highest BCUT2D eigenvalue weighted by molar-refractivity contribution is 5.87. The van der Waals surface area contributed by atoms with Crippen LogP contribution in [0.2, 0.25) is 0 Å². The Balaban J connectivity index is 2.26. The number of hydrogen-bond donors (Lipinski definition) is 0. The molecule has 0 unspecified atom stereocenters. The Hall–Kier alpha value is -2.70. The van der Waals surface area contributed by atoms with Gasteiger partial charge in [0.05, 0.1) is 26.0 Å². The van der Waals surface area contributed by atoms with Crippen LogP contribution >= 0.6 is 0 Å². The molecule has 0 bridgehead atoms. The first-order valence-electron chi connectivity index (χ1n) is 9.45. The summed E-state index contributed by atoms with van der Waals surface area (Å²) in [5.41, 5.74) is 0.705. The van der Waals surface area contributed by atoms with E-state index >= 15 is 0 Å². The molecule has 0 spiro atoms. The lowest BCUT2D eigenvalue weighted by Crippen LogP contribution is -2.08. The van der Waals surface area contributed by atoms with Crippen molar-refractivity contribution >= 4 is 5.97 Å². The smallest absolute Gasteiger partial charge is 0.357 e. The fourth-order valence-electron chi connectivity index (χ4n) is 2.22. The molecule has 0 atom stereocenters. The van der Waals surface area contributed by atoms with Crippen LogP contribution in [0.4, 0.5) is 0 Å². The van der Waals surface area contributed by atoms with Gasteiger partial charge in [0.25, 0.3) is 0 Å². The van der Waals surface area contributed by atoms with Crippen LogP contribution in [-0.2, 0) is 4.74 Å². The average molecular weight is 373 g/mol. The monoisotopic (exact) mass is 373 g/mol. The van der Waals surface area contributed by atoms with Crippen LogP contribution in [0.1, 0.15) is 56.9 Å². The molecule has 0 radical (unpaired) electrons. The normalized spacial score (nSPS) is 10.5. The largest absolute Gasteiger partial charge is 0.490 e. The van der Waals surface area contributed by atoms with Gasteiger partial charge in [-0.15, -0.1) is 0 Å². The van der Waals surface area contributed by atoms with Gasteiger partial charge in [-0.05, 0) is 25.8 Å². The first kappa shape index (κ1) is 20.6. The molecule has 2 aromatic heterocycles. The zero-order valence-corrected chi connectivity index (χ0v) is 16.2. The number of hydrogen-bond acceptors (Lipinski definition) is 7. The number of nitrogens with zero attached hydrogens (tertiary/aromatic N) is 3. The van der Waals surface area contributed by atoms with E-state index in [0.717, 1.165) is 25.7 Å². The Morgan fingerprint density at radius 3 is 2.37 bits per heavy atom. The van der Waals surface area contributed by atoms with Gasteiger partial charge in [0.1, 0.15) is 5.69 Å².